The number of fused-ring (bicyclic) bond motifs is 1. The van der Waals surface area contributed by atoms with Crippen LogP contribution in [0.15, 0.2) is 18.2 Å². The first-order chi connectivity index (χ1) is 9.15. The van der Waals surface area contributed by atoms with Gasteiger partial charge in [0.05, 0.1) is 0 Å². The van der Waals surface area contributed by atoms with Gasteiger partial charge in [-0.15, -0.1) is 0 Å². The highest BCUT2D eigenvalue weighted by Crippen LogP contribution is 2.31. The van der Waals surface area contributed by atoms with E-state index < -0.39 is 6.04 Å². The Hall–Kier alpha value is -1.55. The van der Waals surface area contributed by atoms with Gasteiger partial charge in [-0.05, 0) is 25.8 Å². The maximum Gasteiger partial charge on any atom is 0.242 e. The van der Waals surface area contributed by atoms with Gasteiger partial charge in [0.15, 0.2) is 0 Å². The molecule has 1 aliphatic heterocycles. The zero-order valence-corrected chi connectivity index (χ0v) is 11.1. The van der Waals surface area contributed by atoms with E-state index in [4.69, 9.17) is 0 Å². The Balaban J connectivity index is 1.88. The Morgan fingerprint density at radius 2 is 1.95 bits per heavy atom. The summed E-state index contributed by atoms with van der Waals surface area (Å²) in [7, 11) is 0. The molecule has 0 spiro atoms. The van der Waals surface area contributed by atoms with Gasteiger partial charge in [0, 0.05) is 17.6 Å². The summed E-state index contributed by atoms with van der Waals surface area (Å²) in [4.78, 5) is 12.2. The first-order valence-corrected chi connectivity index (χ1v) is 7.01. The van der Waals surface area contributed by atoms with Gasteiger partial charge in [-0.1, -0.05) is 30.5 Å². The minimum absolute atomic E-state index is 0.0240. The van der Waals surface area contributed by atoms with Crippen LogP contribution in [0.4, 0.5) is 0 Å². The van der Waals surface area contributed by atoms with Gasteiger partial charge in [0.1, 0.15) is 11.8 Å². The Labute approximate surface area is 113 Å². The fourth-order valence-electron chi connectivity index (χ4n) is 3.20. The lowest BCUT2D eigenvalue weighted by Gasteiger charge is -2.40. The SMILES string of the molecule is Cc1ccc(O)c([C@H]2N[C@@H]3CCCC[C@H]3NC2=O)c1. The molecule has 1 aromatic rings. The van der Waals surface area contributed by atoms with Crippen LogP contribution in [0.5, 0.6) is 5.75 Å². The fourth-order valence-corrected chi connectivity index (χ4v) is 3.20. The van der Waals surface area contributed by atoms with Gasteiger partial charge in [-0.25, -0.2) is 0 Å². The highest BCUT2D eigenvalue weighted by molar-refractivity contribution is 5.85. The van der Waals surface area contributed by atoms with Crippen molar-refractivity contribution >= 4 is 5.91 Å². The van der Waals surface area contributed by atoms with Gasteiger partial charge in [0.25, 0.3) is 0 Å². The molecule has 19 heavy (non-hydrogen) atoms. The number of phenolic OH excluding ortho intramolecular Hbond substituents is 1. The number of nitrogens with one attached hydrogen (secondary N) is 2. The van der Waals surface area contributed by atoms with E-state index in [1.165, 1.54) is 12.8 Å². The van der Waals surface area contributed by atoms with E-state index in [9.17, 15) is 9.90 Å². The standard InChI is InChI=1S/C15H20N2O2/c1-9-6-7-13(18)10(8-9)14-15(19)17-12-5-3-2-4-11(12)16-14/h6-8,11-12,14,16,18H,2-5H2,1H3,(H,17,19)/t11-,12-,14-/m1/s1. The molecule has 2 fully saturated rings. The molecule has 2 aliphatic rings. The highest BCUT2D eigenvalue weighted by atomic mass is 16.3. The topological polar surface area (TPSA) is 61.4 Å². The molecule has 102 valence electrons. The third-order valence-corrected chi connectivity index (χ3v) is 4.23. The minimum atomic E-state index is -0.431. The number of carbonyl (C=O) groups is 1. The summed E-state index contributed by atoms with van der Waals surface area (Å²) < 4.78 is 0. The highest BCUT2D eigenvalue weighted by Gasteiger charge is 2.37. The molecule has 0 unspecified atom stereocenters. The lowest BCUT2D eigenvalue weighted by atomic mass is 9.86. The Bertz CT molecular complexity index is 501. The average Bonchev–Trinajstić information content (AvgIpc) is 2.41. The van der Waals surface area contributed by atoms with Crippen LogP contribution in [0.2, 0.25) is 0 Å². The molecule has 1 aromatic carbocycles. The first kappa shape index (κ1) is 12.5. The van der Waals surface area contributed by atoms with Crippen LogP contribution in [0.1, 0.15) is 42.9 Å². The second-order valence-electron chi connectivity index (χ2n) is 5.67. The van der Waals surface area contributed by atoms with Crippen LogP contribution < -0.4 is 10.6 Å². The second-order valence-corrected chi connectivity index (χ2v) is 5.67. The van der Waals surface area contributed by atoms with E-state index in [1.54, 1.807) is 6.07 Å². The van der Waals surface area contributed by atoms with Crippen molar-refractivity contribution in [3.05, 3.63) is 29.3 Å². The van der Waals surface area contributed by atoms with Crippen molar-refractivity contribution in [1.29, 1.82) is 0 Å². The molecule has 0 radical (unpaired) electrons. The number of carbonyl (C=O) groups excluding carboxylic acids is 1. The maximum atomic E-state index is 12.2. The predicted molar refractivity (Wildman–Crippen MR) is 72.9 cm³/mol. The van der Waals surface area contributed by atoms with E-state index in [0.717, 1.165) is 18.4 Å². The zero-order valence-electron chi connectivity index (χ0n) is 11.1. The Morgan fingerprint density at radius 3 is 2.74 bits per heavy atom. The van der Waals surface area contributed by atoms with Crippen molar-refractivity contribution in [3.8, 4) is 5.75 Å². The second kappa shape index (κ2) is 4.85. The average molecular weight is 260 g/mol. The molecular weight excluding hydrogens is 240 g/mol. The number of aryl methyl sites for hydroxylation is 1. The molecule has 4 heteroatoms. The number of amides is 1. The lowest BCUT2D eigenvalue weighted by Crippen LogP contribution is -2.61. The molecule has 3 N–H and O–H groups in total. The predicted octanol–water partition coefficient (Wildman–Crippen LogP) is 1.77. The van der Waals surface area contributed by atoms with Gasteiger partial charge < -0.3 is 10.4 Å². The monoisotopic (exact) mass is 260 g/mol. The van der Waals surface area contributed by atoms with Crippen LogP contribution in [0.25, 0.3) is 0 Å². The molecule has 1 heterocycles. The van der Waals surface area contributed by atoms with Crippen molar-refractivity contribution < 1.29 is 9.90 Å². The quantitative estimate of drug-likeness (QED) is 0.721. The van der Waals surface area contributed by atoms with Crippen LogP contribution in [-0.2, 0) is 4.79 Å². The number of benzene rings is 1. The summed E-state index contributed by atoms with van der Waals surface area (Å²) >= 11 is 0. The number of piperazine rings is 1. The summed E-state index contributed by atoms with van der Waals surface area (Å²) in [6.45, 7) is 1.97. The van der Waals surface area contributed by atoms with E-state index in [-0.39, 0.29) is 17.7 Å². The summed E-state index contributed by atoms with van der Waals surface area (Å²) in [6, 6.07) is 5.55. The largest absolute Gasteiger partial charge is 0.508 e. The molecule has 4 nitrogen and oxygen atoms in total. The maximum absolute atomic E-state index is 12.2. The molecule has 1 saturated heterocycles. The molecule has 3 atom stereocenters. The van der Waals surface area contributed by atoms with E-state index in [2.05, 4.69) is 10.6 Å². The lowest BCUT2D eigenvalue weighted by molar-refractivity contribution is -0.127. The smallest absolute Gasteiger partial charge is 0.242 e. The van der Waals surface area contributed by atoms with Gasteiger partial charge in [0.2, 0.25) is 5.91 Å². The van der Waals surface area contributed by atoms with E-state index >= 15 is 0 Å². The molecule has 0 aromatic heterocycles. The number of hydrogen-bond acceptors (Lipinski definition) is 3. The normalized spacial score (nSPS) is 30.6. The van der Waals surface area contributed by atoms with Crippen LogP contribution in [0.3, 0.4) is 0 Å². The van der Waals surface area contributed by atoms with Gasteiger partial charge in [-0.3, -0.25) is 10.1 Å². The zero-order chi connectivity index (χ0) is 13.4. The van der Waals surface area contributed by atoms with Crippen LogP contribution >= 0.6 is 0 Å². The molecule has 1 amide bonds. The minimum Gasteiger partial charge on any atom is -0.508 e. The van der Waals surface area contributed by atoms with Crippen LogP contribution in [-0.4, -0.2) is 23.1 Å². The number of phenols is 1. The Kier molecular flexibility index (Phi) is 3.19. The van der Waals surface area contributed by atoms with E-state index in [0.29, 0.717) is 11.6 Å². The molecule has 1 aliphatic carbocycles. The van der Waals surface area contributed by atoms with Gasteiger partial charge in [-0.2, -0.15) is 0 Å². The summed E-state index contributed by atoms with van der Waals surface area (Å²) in [5.74, 6) is 0.163. The van der Waals surface area contributed by atoms with Crippen molar-refractivity contribution in [2.75, 3.05) is 0 Å². The third kappa shape index (κ3) is 2.32. The molecule has 0 bridgehead atoms. The van der Waals surface area contributed by atoms with Crippen molar-refractivity contribution in [1.82, 2.24) is 10.6 Å². The summed E-state index contributed by atoms with van der Waals surface area (Å²) in [5, 5.41) is 16.5. The Morgan fingerprint density at radius 1 is 1.21 bits per heavy atom. The fraction of sp³-hybridized carbons (Fsp3) is 0.533. The van der Waals surface area contributed by atoms with Gasteiger partial charge >= 0.3 is 0 Å². The summed E-state index contributed by atoms with van der Waals surface area (Å²) in [5.41, 5.74) is 1.73. The van der Waals surface area contributed by atoms with Crippen LogP contribution in [0, 0.1) is 6.92 Å². The number of aromatic hydroxyl groups is 1. The number of hydrogen-bond donors (Lipinski definition) is 3. The van der Waals surface area contributed by atoms with Crippen molar-refractivity contribution in [2.45, 2.75) is 50.7 Å². The molecule has 3 rings (SSSR count). The first-order valence-electron chi connectivity index (χ1n) is 7.01. The third-order valence-electron chi connectivity index (χ3n) is 4.23. The number of rotatable bonds is 1. The molecular formula is C15H20N2O2. The van der Waals surface area contributed by atoms with Crippen molar-refractivity contribution in [3.63, 3.8) is 0 Å². The molecule has 1 saturated carbocycles. The summed E-state index contributed by atoms with van der Waals surface area (Å²) in [6.07, 6.45) is 4.53. The van der Waals surface area contributed by atoms with Crippen molar-refractivity contribution in [2.24, 2.45) is 0 Å². The van der Waals surface area contributed by atoms with E-state index in [1.807, 2.05) is 19.1 Å².